The predicted octanol–water partition coefficient (Wildman–Crippen LogP) is 3.52. The topological polar surface area (TPSA) is 41.2 Å². The first-order valence-corrected chi connectivity index (χ1v) is 9.22. The summed E-state index contributed by atoms with van der Waals surface area (Å²) < 4.78 is 0. The van der Waals surface area contributed by atoms with Gasteiger partial charge in [0.25, 0.3) is 5.82 Å². The molecular weight excluding hydrogens is 290 g/mol. The SMILES string of the molecule is C=C(C)CSc1[nH+]c(N2CCCC2)c2c(c1C#N)CCCC2. The number of hydrogen-bond acceptors (Lipinski definition) is 3. The summed E-state index contributed by atoms with van der Waals surface area (Å²) in [6.07, 6.45) is 7.15. The highest BCUT2D eigenvalue weighted by molar-refractivity contribution is 7.99. The van der Waals surface area contributed by atoms with Crippen LogP contribution in [0.15, 0.2) is 17.2 Å². The van der Waals surface area contributed by atoms with E-state index in [9.17, 15) is 5.26 Å². The molecule has 4 heteroatoms. The molecule has 0 atom stereocenters. The molecule has 1 aliphatic carbocycles. The van der Waals surface area contributed by atoms with Crippen LogP contribution in [0.25, 0.3) is 0 Å². The van der Waals surface area contributed by atoms with Crippen LogP contribution in [-0.4, -0.2) is 18.8 Å². The van der Waals surface area contributed by atoms with Gasteiger partial charge < -0.3 is 0 Å². The first kappa shape index (κ1) is 15.4. The Bertz CT molecular complexity index is 624. The summed E-state index contributed by atoms with van der Waals surface area (Å²) in [6.45, 7) is 8.30. The maximum atomic E-state index is 9.68. The van der Waals surface area contributed by atoms with E-state index in [0.29, 0.717) is 0 Å². The third-order valence-corrected chi connectivity index (χ3v) is 5.74. The second-order valence-corrected chi connectivity index (χ2v) is 7.38. The number of fused-ring (bicyclic) bond motifs is 1. The molecule has 0 amide bonds. The molecule has 1 aromatic heterocycles. The van der Waals surface area contributed by atoms with Crippen molar-refractivity contribution in [2.45, 2.75) is 50.5 Å². The summed E-state index contributed by atoms with van der Waals surface area (Å²) in [7, 11) is 0. The van der Waals surface area contributed by atoms with E-state index in [1.165, 1.54) is 42.6 Å². The number of nitriles is 1. The van der Waals surface area contributed by atoms with Crippen molar-refractivity contribution in [2.75, 3.05) is 23.7 Å². The van der Waals surface area contributed by atoms with Gasteiger partial charge in [0.2, 0.25) is 0 Å². The Morgan fingerprint density at radius 2 is 1.91 bits per heavy atom. The minimum absolute atomic E-state index is 0.864. The lowest BCUT2D eigenvalue weighted by Gasteiger charge is -2.22. The van der Waals surface area contributed by atoms with E-state index < -0.39 is 0 Å². The molecule has 1 saturated heterocycles. The predicted molar refractivity (Wildman–Crippen MR) is 91.3 cm³/mol. The molecule has 1 aromatic rings. The molecule has 2 aliphatic rings. The number of pyridine rings is 1. The Hall–Kier alpha value is -1.47. The molecule has 2 heterocycles. The zero-order chi connectivity index (χ0) is 15.5. The maximum absolute atomic E-state index is 9.68. The highest BCUT2D eigenvalue weighted by Crippen LogP contribution is 2.34. The van der Waals surface area contributed by atoms with Crippen LogP contribution in [0.4, 0.5) is 5.82 Å². The van der Waals surface area contributed by atoms with Gasteiger partial charge in [0, 0.05) is 11.3 Å². The normalized spacial score (nSPS) is 17.2. The van der Waals surface area contributed by atoms with Crippen LogP contribution in [0.2, 0.25) is 0 Å². The van der Waals surface area contributed by atoms with Gasteiger partial charge in [0.05, 0.1) is 13.1 Å². The van der Waals surface area contributed by atoms with Gasteiger partial charge in [-0.2, -0.15) is 5.26 Å². The number of rotatable bonds is 4. The Balaban J connectivity index is 2.06. The largest absolute Gasteiger partial charge is 0.278 e. The first-order chi connectivity index (χ1) is 10.7. The summed E-state index contributed by atoms with van der Waals surface area (Å²) >= 11 is 1.72. The lowest BCUT2D eigenvalue weighted by Crippen LogP contribution is -2.31. The van der Waals surface area contributed by atoms with Crippen molar-refractivity contribution in [2.24, 2.45) is 0 Å². The van der Waals surface area contributed by atoms with Gasteiger partial charge in [-0.3, -0.25) is 4.90 Å². The number of nitrogens with zero attached hydrogens (tertiary/aromatic N) is 2. The summed E-state index contributed by atoms with van der Waals surface area (Å²) in [4.78, 5) is 6.10. The van der Waals surface area contributed by atoms with Gasteiger partial charge in [-0.1, -0.05) is 23.9 Å². The van der Waals surface area contributed by atoms with E-state index >= 15 is 0 Å². The Morgan fingerprint density at radius 3 is 2.55 bits per heavy atom. The second kappa shape index (κ2) is 6.75. The van der Waals surface area contributed by atoms with E-state index in [-0.39, 0.29) is 0 Å². The molecule has 0 unspecified atom stereocenters. The molecule has 1 N–H and O–H groups in total. The molecule has 22 heavy (non-hydrogen) atoms. The van der Waals surface area contributed by atoms with Gasteiger partial charge in [-0.25, -0.2) is 4.98 Å². The molecule has 0 spiro atoms. The van der Waals surface area contributed by atoms with Gasteiger partial charge in [0.15, 0.2) is 5.03 Å². The fourth-order valence-electron chi connectivity index (χ4n) is 3.46. The molecule has 3 nitrogen and oxygen atoms in total. The number of aromatic amines is 1. The monoisotopic (exact) mass is 314 g/mol. The van der Waals surface area contributed by atoms with Gasteiger partial charge in [-0.15, -0.1) is 0 Å². The molecule has 0 radical (unpaired) electrons. The van der Waals surface area contributed by atoms with Gasteiger partial charge in [-0.05, 0) is 51.0 Å². The molecular formula is C18H24N3S+. The van der Waals surface area contributed by atoms with Crippen molar-refractivity contribution in [3.63, 3.8) is 0 Å². The molecule has 0 bridgehead atoms. The average molecular weight is 314 g/mol. The lowest BCUT2D eigenvalue weighted by molar-refractivity contribution is -0.414. The second-order valence-electron chi connectivity index (χ2n) is 6.39. The molecule has 1 fully saturated rings. The average Bonchev–Trinajstić information content (AvgIpc) is 3.05. The highest BCUT2D eigenvalue weighted by Gasteiger charge is 2.31. The van der Waals surface area contributed by atoms with Crippen LogP contribution < -0.4 is 9.88 Å². The fraction of sp³-hybridized carbons (Fsp3) is 0.556. The minimum atomic E-state index is 0.864. The van der Waals surface area contributed by atoms with Gasteiger partial charge in [0.1, 0.15) is 11.6 Å². The highest BCUT2D eigenvalue weighted by atomic mass is 32.2. The summed E-state index contributed by atoms with van der Waals surface area (Å²) in [5, 5.41) is 10.7. The standard InChI is InChI=1S/C18H23N3S/c1-13(2)12-22-18-16(11-19)14-7-3-4-8-15(14)17(20-18)21-9-5-6-10-21/h1,3-10,12H2,2H3/p+1. The zero-order valence-corrected chi connectivity index (χ0v) is 14.2. The molecule has 3 rings (SSSR count). The third-order valence-electron chi connectivity index (χ3n) is 4.51. The Labute approximate surface area is 137 Å². The first-order valence-electron chi connectivity index (χ1n) is 8.24. The number of nitrogens with one attached hydrogen (secondary N) is 1. The van der Waals surface area contributed by atoms with Crippen LogP contribution in [0.1, 0.15) is 49.3 Å². The van der Waals surface area contributed by atoms with Crippen molar-refractivity contribution in [1.82, 2.24) is 0 Å². The minimum Gasteiger partial charge on any atom is -0.262 e. The van der Waals surface area contributed by atoms with E-state index in [2.05, 4.69) is 22.5 Å². The van der Waals surface area contributed by atoms with Crippen LogP contribution >= 0.6 is 11.8 Å². The molecule has 116 valence electrons. The molecule has 0 aromatic carbocycles. The molecule has 0 saturated carbocycles. The van der Waals surface area contributed by atoms with Crippen LogP contribution in [-0.2, 0) is 12.8 Å². The number of thioether (sulfide) groups is 1. The number of anilines is 1. The van der Waals surface area contributed by atoms with Crippen molar-refractivity contribution in [3.05, 3.63) is 28.8 Å². The number of aromatic nitrogens is 1. The molecule has 1 aliphatic heterocycles. The summed E-state index contributed by atoms with van der Waals surface area (Å²) in [5.41, 5.74) is 4.73. The van der Waals surface area contributed by atoms with E-state index in [4.69, 9.17) is 0 Å². The zero-order valence-electron chi connectivity index (χ0n) is 13.4. The van der Waals surface area contributed by atoms with Crippen LogP contribution in [0.3, 0.4) is 0 Å². The van der Waals surface area contributed by atoms with E-state index in [1.807, 2.05) is 6.92 Å². The van der Waals surface area contributed by atoms with Crippen molar-refractivity contribution >= 4 is 17.6 Å². The summed E-state index contributed by atoms with van der Waals surface area (Å²) in [6, 6.07) is 2.46. The number of hydrogen-bond donors (Lipinski definition) is 0. The smallest absolute Gasteiger partial charge is 0.262 e. The summed E-state index contributed by atoms with van der Waals surface area (Å²) in [5.74, 6) is 2.15. The third kappa shape index (κ3) is 3.01. The van der Waals surface area contributed by atoms with Crippen LogP contribution in [0.5, 0.6) is 0 Å². The number of H-pyrrole nitrogens is 1. The van der Waals surface area contributed by atoms with Crippen molar-refractivity contribution in [1.29, 1.82) is 5.26 Å². The van der Waals surface area contributed by atoms with Crippen LogP contribution in [0, 0.1) is 11.3 Å². The maximum Gasteiger partial charge on any atom is 0.278 e. The van der Waals surface area contributed by atoms with Crippen molar-refractivity contribution < 1.29 is 4.98 Å². The Kier molecular flexibility index (Phi) is 4.73. The lowest BCUT2D eigenvalue weighted by atomic mass is 9.89. The van der Waals surface area contributed by atoms with E-state index in [0.717, 1.165) is 47.8 Å². The fourth-order valence-corrected chi connectivity index (χ4v) is 4.33. The van der Waals surface area contributed by atoms with E-state index in [1.54, 1.807) is 11.8 Å². The van der Waals surface area contributed by atoms with Gasteiger partial charge >= 0.3 is 0 Å². The van der Waals surface area contributed by atoms with Crippen molar-refractivity contribution in [3.8, 4) is 6.07 Å². The Morgan fingerprint density at radius 1 is 1.23 bits per heavy atom. The quantitative estimate of drug-likeness (QED) is 0.631.